The molecule has 0 aliphatic heterocycles. The molecule has 3 N–H and O–H groups in total. The van der Waals surface area contributed by atoms with Gasteiger partial charge in [0.05, 0.1) is 0 Å². The molecular weight excluding hydrogens is 252 g/mol. The van der Waals surface area contributed by atoms with Crippen LogP contribution >= 0.6 is 0 Å². The smallest absolute Gasteiger partial charge is 0.349 e. The number of rotatable bonds is 5. The van der Waals surface area contributed by atoms with Crippen LogP contribution in [0.2, 0.25) is 0 Å². The SMILES string of the molecule is NC(CNC(=O)C(F)(F)C(F)F)c1ccccc1. The fraction of sp³-hybridized carbons (Fsp3) is 0.364. The van der Waals surface area contributed by atoms with Crippen molar-refractivity contribution in [3.8, 4) is 0 Å². The highest BCUT2D eigenvalue weighted by Gasteiger charge is 2.48. The molecular formula is C11H12F4N2O. The van der Waals surface area contributed by atoms with Gasteiger partial charge in [-0.15, -0.1) is 0 Å². The second kappa shape index (κ2) is 5.81. The third kappa shape index (κ3) is 3.43. The summed E-state index contributed by atoms with van der Waals surface area (Å²) in [5, 5.41) is 1.71. The molecule has 1 aromatic rings. The summed E-state index contributed by atoms with van der Waals surface area (Å²) in [6, 6.07) is 7.66. The van der Waals surface area contributed by atoms with Crippen LogP contribution in [-0.2, 0) is 4.79 Å². The predicted octanol–water partition coefficient (Wildman–Crippen LogP) is 1.70. The number of halogens is 4. The van der Waals surface area contributed by atoms with Crippen molar-refractivity contribution in [1.82, 2.24) is 5.32 Å². The average molecular weight is 264 g/mol. The van der Waals surface area contributed by atoms with Gasteiger partial charge in [0.2, 0.25) is 0 Å². The number of carbonyl (C=O) groups is 1. The summed E-state index contributed by atoms with van der Waals surface area (Å²) in [7, 11) is 0. The van der Waals surface area contributed by atoms with Crippen LogP contribution in [0.15, 0.2) is 30.3 Å². The summed E-state index contributed by atoms with van der Waals surface area (Å²) in [5.41, 5.74) is 6.22. The Morgan fingerprint density at radius 1 is 1.28 bits per heavy atom. The van der Waals surface area contributed by atoms with E-state index in [0.29, 0.717) is 5.56 Å². The fourth-order valence-corrected chi connectivity index (χ4v) is 1.24. The highest BCUT2D eigenvalue weighted by molar-refractivity contribution is 5.83. The number of hydrogen-bond acceptors (Lipinski definition) is 2. The zero-order valence-corrected chi connectivity index (χ0v) is 9.25. The first-order chi connectivity index (χ1) is 8.35. The molecule has 1 unspecified atom stereocenters. The van der Waals surface area contributed by atoms with Crippen LogP contribution < -0.4 is 11.1 Å². The first kappa shape index (κ1) is 14.4. The number of alkyl halides is 4. The summed E-state index contributed by atoms with van der Waals surface area (Å²) in [5.74, 6) is -6.72. The standard InChI is InChI=1S/C11H12F4N2O/c12-9(13)11(14,15)10(18)17-6-8(16)7-4-2-1-3-5-7/h1-5,8-9H,6,16H2,(H,17,18). The Labute approximate surface area is 101 Å². The van der Waals surface area contributed by atoms with Crippen LogP contribution in [0.25, 0.3) is 0 Å². The zero-order chi connectivity index (χ0) is 13.8. The van der Waals surface area contributed by atoms with E-state index in [1.807, 2.05) is 0 Å². The first-order valence-corrected chi connectivity index (χ1v) is 5.10. The van der Waals surface area contributed by atoms with Crippen LogP contribution in [0, 0.1) is 0 Å². The van der Waals surface area contributed by atoms with Gasteiger partial charge in [-0.3, -0.25) is 4.79 Å². The molecule has 3 nitrogen and oxygen atoms in total. The minimum atomic E-state index is -4.70. The van der Waals surface area contributed by atoms with E-state index in [4.69, 9.17) is 5.73 Å². The molecule has 0 fully saturated rings. The lowest BCUT2D eigenvalue weighted by Crippen LogP contribution is -2.47. The topological polar surface area (TPSA) is 55.1 Å². The highest BCUT2D eigenvalue weighted by atomic mass is 19.3. The van der Waals surface area contributed by atoms with Crippen molar-refractivity contribution < 1.29 is 22.4 Å². The van der Waals surface area contributed by atoms with Gasteiger partial charge in [0, 0.05) is 12.6 Å². The number of nitrogens with one attached hydrogen (secondary N) is 1. The van der Waals surface area contributed by atoms with Crippen molar-refractivity contribution >= 4 is 5.91 Å². The van der Waals surface area contributed by atoms with E-state index in [1.165, 1.54) is 0 Å². The third-order valence-corrected chi connectivity index (χ3v) is 2.29. The van der Waals surface area contributed by atoms with Crippen molar-refractivity contribution in [2.45, 2.75) is 18.4 Å². The Morgan fingerprint density at radius 3 is 2.33 bits per heavy atom. The second-order valence-electron chi connectivity index (χ2n) is 3.65. The number of amides is 1. The Balaban J connectivity index is 2.54. The summed E-state index contributed by atoms with van der Waals surface area (Å²) in [4.78, 5) is 10.8. The summed E-state index contributed by atoms with van der Waals surface area (Å²) in [6.45, 7) is -0.342. The van der Waals surface area contributed by atoms with E-state index in [-0.39, 0.29) is 6.54 Å². The van der Waals surface area contributed by atoms with E-state index < -0.39 is 24.3 Å². The average Bonchev–Trinajstić information content (AvgIpc) is 2.36. The monoisotopic (exact) mass is 264 g/mol. The molecule has 0 spiro atoms. The van der Waals surface area contributed by atoms with Gasteiger partial charge in [-0.1, -0.05) is 30.3 Å². The van der Waals surface area contributed by atoms with Crippen LogP contribution in [0.5, 0.6) is 0 Å². The normalized spacial score (nSPS) is 13.4. The fourth-order valence-electron chi connectivity index (χ4n) is 1.24. The maximum absolute atomic E-state index is 12.6. The van der Waals surface area contributed by atoms with E-state index in [1.54, 1.807) is 35.6 Å². The highest BCUT2D eigenvalue weighted by Crippen LogP contribution is 2.22. The van der Waals surface area contributed by atoms with Gasteiger partial charge in [0.15, 0.2) is 0 Å². The quantitative estimate of drug-likeness (QED) is 0.795. The number of nitrogens with two attached hydrogens (primary N) is 1. The molecule has 0 aliphatic carbocycles. The van der Waals surface area contributed by atoms with Crippen molar-refractivity contribution in [3.05, 3.63) is 35.9 Å². The van der Waals surface area contributed by atoms with Gasteiger partial charge < -0.3 is 11.1 Å². The largest absolute Gasteiger partial charge is 0.383 e. The predicted molar refractivity (Wildman–Crippen MR) is 57.3 cm³/mol. The van der Waals surface area contributed by atoms with Crippen molar-refractivity contribution in [2.75, 3.05) is 6.54 Å². The Hall–Kier alpha value is -1.63. The van der Waals surface area contributed by atoms with Gasteiger partial charge in [-0.05, 0) is 5.56 Å². The van der Waals surface area contributed by atoms with E-state index in [9.17, 15) is 22.4 Å². The molecule has 18 heavy (non-hydrogen) atoms. The third-order valence-electron chi connectivity index (χ3n) is 2.29. The minimum Gasteiger partial charge on any atom is -0.349 e. The van der Waals surface area contributed by atoms with Crippen LogP contribution in [0.3, 0.4) is 0 Å². The van der Waals surface area contributed by atoms with Gasteiger partial charge in [-0.25, -0.2) is 8.78 Å². The van der Waals surface area contributed by atoms with Gasteiger partial charge in [0.25, 0.3) is 5.91 Å². The molecule has 0 aromatic heterocycles. The number of benzene rings is 1. The maximum atomic E-state index is 12.6. The van der Waals surface area contributed by atoms with Crippen molar-refractivity contribution in [1.29, 1.82) is 0 Å². The molecule has 7 heteroatoms. The molecule has 1 amide bonds. The molecule has 1 aromatic carbocycles. The Kier molecular flexibility index (Phi) is 4.66. The van der Waals surface area contributed by atoms with Crippen LogP contribution in [0.4, 0.5) is 17.6 Å². The molecule has 100 valence electrons. The first-order valence-electron chi connectivity index (χ1n) is 5.10. The minimum absolute atomic E-state index is 0.342. The number of carbonyl (C=O) groups excluding carboxylic acids is 1. The summed E-state index contributed by atoms with van der Waals surface area (Å²) in [6.07, 6.45) is -4.04. The van der Waals surface area contributed by atoms with E-state index >= 15 is 0 Å². The summed E-state index contributed by atoms with van der Waals surface area (Å²) >= 11 is 0. The zero-order valence-electron chi connectivity index (χ0n) is 9.25. The van der Waals surface area contributed by atoms with Crippen LogP contribution in [0.1, 0.15) is 11.6 Å². The molecule has 0 bridgehead atoms. The molecule has 0 radical (unpaired) electrons. The van der Waals surface area contributed by atoms with E-state index in [2.05, 4.69) is 0 Å². The molecule has 1 rings (SSSR count). The van der Waals surface area contributed by atoms with Crippen LogP contribution in [-0.4, -0.2) is 24.8 Å². The molecule has 0 saturated heterocycles. The van der Waals surface area contributed by atoms with Crippen molar-refractivity contribution in [3.63, 3.8) is 0 Å². The van der Waals surface area contributed by atoms with Gasteiger partial charge in [0.1, 0.15) is 0 Å². The maximum Gasteiger partial charge on any atom is 0.383 e. The molecule has 1 atom stereocenters. The van der Waals surface area contributed by atoms with Crippen molar-refractivity contribution in [2.24, 2.45) is 5.73 Å². The number of hydrogen-bond donors (Lipinski definition) is 2. The Bertz CT molecular complexity index is 397. The Morgan fingerprint density at radius 2 is 1.83 bits per heavy atom. The molecule has 0 heterocycles. The lowest BCUT2D eigenvalue weighted by atomic mass is 10.1. The lowest BCUT2D eigenvalue weighted by Gasteiger charge is -2.17. The summed E-state index contributed by atoms with van der Waals surface area (Å²) < 4.78 is 48.9. The lowest BCUT2D eigenvalue weighted by molar-refractivity contribution is -0.169. The van der Waals surface area contributed by atoms with Gasteiger partial charge in [-0.2, -0.15) is 8.78 Å². The van der Waals surface area contributed by atoms with Gasteiger partial charge >= 0.3 is 12.3 Å². The molecule has 0 saturated carbocycles. The van der Waals surface area contributed by atoms with E-state index in [0.717, 1.165) is 0 Å². The molecule has 0 aliphatic rings. The second-order valence-corrected chi connectivity index (χ2v) is 3.65.